The van der Waals surface area contributed by atoms with Crippen molar-refractivity contribution in [1.29, 1.82) is 0 Å². The van der Waals surface area contributed by atoms with Crippen molar-refractivity contribution in [3.8, 4) is 0 Å². The lowest BCUT2D eigenvalue weighted by molar-refractivity contribution is -0.158. The first kappa shape index (κ1) is 19.9. The van der Waals surface area contributed by atoms with Gasteiger partial charge < -0.3 is 14.8 Å². The first-order chi connectivity index (χ1) is 15.0. The van der Waals surface area contributed by atoms with Crippen molar-refractivity contribution in [2.75, 3.05) is 13.1 Å². The first-order valence-corrected chi connectivity index (χ1v) is 11.3. The largest absolute Gasteiger partial charge is 0.356 e. The SMILES string of the molecule is CCCN1CC(=O)N2[C@@H](c3ccc(C(C)C)cc3)c3[nH]c4ccccc4c3C[C@H]2C1=O. The Balaban J connectivity index is 1.67. The maximum atomic E-state index is 13.4. The van der Waals surface area contributed by atoms with E-state index in [0.29, 0.717) is 18.9 Å². The van der Waals surface area contributed by atoms with Crippen LogP contribution in [0.3, 0.4) is 0 Å². The summed E-state index contributed by atoms with van der Waals surface area (Å²) in [6.07, 6.45) is 1.41. The molecule has 2 atom stereocenters. The van der Waals surface area contributed by atoms with E-state index in [0.717, 1.165) is 34.1 Å². The van der Waals surface area contributed by atoms with Crippen LogP contribution in [0.15, 0.2) is 48.5 Å². The van der Waals surface area contributed by atoms with Crippen LogP contribution >= 0.6 is 0 Å². The van der Waals surface area contributed by atoms with E-state index in [1.165, 1.54) is 5.56 Å². The van der Waals surface area contributed by atoms with Crippen LogP contribution in [0.5, 0.6) is 0 Å². The number of rotatable bonds is 4. The van der Waals surface area contributed by atoms with Crippen molar-refractivity contribution in [2.24, 2.45) is 0 Å². The quantitative estimate of drug-likeness (QED) is 0.687. The number of hydrogen-bond donors (Lipinski definition) is 1. The molecule has 2 aromatic carbocycles. The summed E-state index contributed by atoms with van der Waals surface area (Å²) in [5, 5.41) is 1.15. The second-order valence-electron chi connectivity index (χ2n) is 9.07. The lowest BCUT2D eigenvalue weighted by atomic mass is 9.85. The predicted molar refractivity (Wildman–Crippen MR) is 122 cm³/mol. The number of fused-ring (bicyclic) bond motifs is 4. The molecular formula is C26H29N3O2. The summed E-state index contributed by atoms with van der Waals surface area (Å²) in [5.74, 6) is 0.541. The molecule has 2 aliphatic heterocycles. The summed E-state index contributed by atoms with van der Waals surface area (Å²) in [6.45, 7) is 7.19. The van der Waals surface area contributed by atoms with Gasteiger partial charge in [-0.3, -0.25) is 9.59 Å². The van der Waals surface area contributed by atoms with Crippen LogP contribution in [0.25, 0.3) is 10.9 Å². The van der Waals surface area contributed by atoms with Gasteiger partial charge in [-0.1, -0.05) is 63.2 Å². The molecule has 160 valence electrons. The third-order valence-corrected chi connectivity index (χ3v) is 6.75. The van der Waals surface area contributed by atoms with Crippen molar-refractivity contribution in [2.45, 2.75) is 51.6 Å². The molecule has 1 saturated heterocycles. The zero-order valence-corrected chi connectivity index (χ0v) is 18.4. The maximum absolute atomic E-state index is 13.4. The number of nitrogens with zero attached hydrogens (tertiary/aromatic N) is 2. The Morgan fingerprint density at radius 1 is 1.06 bits per heavy atom. The van der Waals surface area contributed by atoms with Crippen LogP contribution in [0, 0.1) is 0 Å². The number of H-pyrrole nitrogens is 1. The van der Waals surface area contributed by atoms with E-state index in [1.807, 2.05) is 24.0 Å². The van der Waals surface area contributed by atoms with Gasteiger partial charge in [-0.25, -0.2) is 0 Å². The number of piperazine rings is 1. The van der Waals surface area contributed by atoms with Gasteiger partial charge in [0, 0.05) is 29.6 Å². The Morgan fingerprint density at radius 2 is 1.81 bits per heavy atom. The molecule has 3 aromatic rings. The van der Waals surface area contributed by atoms with Gasteiger partial charge in [0.15, 0.2) is 0 Å². The molecule has 5 nitrogen and oxygen atoms in total. The molecule has 2 aliphatic rings. The zero-order valence-electron chi connectivity index (χ0n) is 18.4. The van der Waals surface area contributed by atoms with Gasteiger partial charge in [-0.15, -0.1) is 0 Å². The minimum Gasteiger partial charge on any atom is -0.356 e. The minimum absolute atomic E-state index is 0.0280. The summed E-state index contributed by atoms with van der Waals surface area (Å²) in [4.78, 5) is 33.9. The van der Waals surface area contributed by atoms with E-state index in [-0.39, 0.29) is 24.4 Å². The minimum atomic E-state index is -0.450. The Hall–Kier alpha value is -3.08. The van der Waals surface area contributed by atoms with Gasteiger partial charge in [0.2, 0.25) is 11.8 Å². The van der Waals surface area contributed by atoms with Gasteiger partial charge in [0.25, 0.3) is 0 Å². The van der Waals surface area contributed by atoms with Gasteiger partial charge in [-0.2, -0.15) is 0 Å². The Morgan fingerprint density at radius 3 is 2.52 bits per heavy atom. The molecule has 0 aliphatic carbocycles. The third-order valence-electron chi connectivity index (χ3n) is 6.75. The highest BCUT2D eigenvalue weighted by Crippen LogP contribution is 2.42. The molecule has 0 bridgehead atoms. The van der Waals surface area contributed by atoms with Crippen LogP contribution in [0.1, 0.15) is 61.5 Å². The topological polar surface area (TPSA) is 56.4 Å². The zero-order chi connectivity index (χ0) is 21.7. The third kappa shape index (κ3) is 3.14. The smallest absolute Gasteiger partial charge is 0.246 e. The number of carbonyl (C=O) groups excluding carboxylic acids is 2. The fourth-order valence-corrected chi connectivity index (χ4v) is 5.19. The number of aromatic nitrogens is 1. The lowest BCUT2D eigenvalue weighted by Crippen LogP contribution is -2.63. The van der Waals surface area contributed by atoms with Crippen LogP contribution in [0.4, 0.5) is 0 Å². The standard InChI is InChI=1S/C26H29N3O2/c1-4-13-28-15-23(30)29-22(26(28)31)14-20-19-7-5-6-8-21(19)27-24(20)25(29)18-11-9-17(10-12-18)16(2)3/h5-12,16,22,25,27H,4,13-15H2,1-3H3/t22-,25-/m0/s1. The Kier molecular flexibility index (Phi) is 4.84. The summed E-state index contributed by atoms with van der Waals surface area (Å²) < 4.78 is 0. The highest BCUT2D eigenvalue weighted by atomic mass is 16.2. The molecule has 0 spiro atoms. The molecule has 5 heteroatoms. The highest BCUT2D eigenvalue weighted by Gasteiger charge is 2.47. The molecule has 1 N–H and O–H groups in total. The number of amides is 2. The molecule has 1 fully saturated rings. The number of carbonyl (C=O) groups is 2. The molecule has 1 aromatic heterocycles. The fraction of sp³-hybridized carbons (Fsp3) is 0.385. The summed E-state index contributed by atoms with van der Waals surface area (Å²) in [5.41, 5.74) is 5.57. The van der Waals surface area contributed by atoms with E-state index in [1.54, 1.807) is 4.90 Å². The molecule has 0 unspecified atom stereocenters. The van der Waals surface area contributed by atoms with Crippen LogP contribution in [0.2, 0.25) is 0 Å². The monoisotopic (exact) mass is 415 g/mol. The molecule has 31 heavy (non-hydrogen) atoms. The maximum Gasteiger partial charge on any atom is 0.246 e. The normalized spacial score (nSPS) is 21.0. The van der Waals surface area contributed by atoms with Crippen molar-refractivity contribution < 1.29 is 9.59 Å². The molecule has 0 saturated carbocycles. The molecule has 2 amide bonds. The van der Waals surface area contributed by atoms with Crippen molar-refractivity contribution >= 4 is 22.7 Å². The van der Waals surface area contributed by atoms with Gasteiger partial charge in [-0.05, 0) is 35.1 Å². The number of benzene rings is 2. The average molecular weight is 416 g/mol. The van der Waals surface area contributed by atoms with E-state index in [9.17, 15) is 9.59 Å². The predicted octanol–water partition coefficient (Wildman–Crippen LogP) is 4.39. The van der Waals surface area contributed by atoms with Crippen LogP contribution in [-0.4, -0.2) is 45.7 Å². The molecule has 0 radical (unpaired) electrons. The number of para-hydroxylation sites is 1. The summed E-state index contributed by atoms with van der Waals surface area (Å²) in [7, 11) is 0. The molecule has 3 heterocycles. The second kappa shape index (κ2) is 7.56. The number of aromatic amines is 1. The van der Waals surface area contributed by atoms with Crippen LogP contribution in [-0.2, 0) is 16.0 Å². The van der Waals surface area contributed by atoms with Crippen molar-refractivity contribution in [1.82, 2.24) is 14.8 Å². The van der Waals surface area contributed by atoms with Gasteiger partial charge in [0.05, 0.1) is 12.6 Å². The van der Waals surface area contributed by atoms with Crippen molar-refractivity contribution in [3.05, 3.63) is 70.9 Å². The van der Waals surface area contributed by atoms with E-state index in [4.69, 9.17) is 0 Å². The Labute approximate surface area is 183 Å². The molecular weight excluding hydrogens is 386 g/mol. The van der Waals surface area contributed by atoms with E-state index < -0.39 is 6.04 Å². The summed E-state index contributed by atoms with van der Waals surface area (Å²) >= 11 is 0. The highest BCUT2D eigenvalue weighted by molar-refractivity contribution is 5.97. The number of nitrogens with one attached hydrogen (secondary N) is 1. The molecule has 5 rings (SSSR count). The van der Waals surface area contributed by atoms with Gasteiger partial charge in [0.1, 0.15) is 6.04 Å². The average Bonchev–Trinajstić information content (AvgIpc) is 3.14. The van der Waals surface area contributed by atoms with Crippen molar-refractivity contribution in [3.63, 3.8) is 0 Å². The van der Waals surface area contributed by atoms with E-state index >= 15 is 0 Å². The van der Waals surface area contributed by atoms with Crippen LogP contribution < -0.4 is 0 Å². The summed E-state index contributed by atoms with van der Waals surface area (Å²) in [6, 6.07) is 16.0. The number of hydrogen-bond acceptors (Lipinski definition) is 2. The van der Waals surface area contributed by atoms with Gasteiger partial charge >= 0.3 is 0 Å². The second-order valence-corrected chi connectivity index (χ2v) is 9.07. The first-order valence-electron chi connectivity index (χ1n) is 11.3. The lowest BCUT2D eigenvalue weighted by Gasteiger charge is -2.47. The fourth-order valence-electron chi connectivity index (χ4n) is 5.19. The Bertz CT molecular complexity index is 1150. The van der Waals surface area contributed by atoms with E-state index in [2.05, 4.69) is 55.2 Å².